The molecule has 2 aromatic heterocycles. The first kappa shape index (κ1) is 15.2. The number of thioether (sulfide) groups is 1. The highest BCUT2D eigenvalue weighted by atomic mass is 32.2. The smallest absolute Gasteiger partial charge is 0.344 e. The average Bonchev–Trinajstić information content (AvgIpc) is 3.23. The van der Waals surface area contributed by atoms with Crippen LogP contribution < -0.4 is 5.69 Å². The zero-order chi connectivity index (χ0) is 15.4. The maximum atomic E-state index is 11.9. The summed E-state index contributed by atoms with van der Waals surface area (Å²) < 4.78 is 9.00. The van der Waals surface area contributed by atoms with E-state index in [-0.39, 0.29) is 11.8 Å². The molecule has 1 N–H and O–H groups in total. The molecule has 1 saturated heterocycles. The molecule has 3 rings (SSSR count). The summed E-state index contributed by atoms with van der Waals surface area (Å²) in [5, 5.41) is 18.9. The quantitative estimate of drug-likeness (QED) is 0.737. The van der Waals surface area contributed by atoms with Gasteiger partial charge in [0.05, 0.1) is 18.4 Å². The van der Waals surface area contributed by atoms with Crippen LogP contribution in [0.3, 0.4) is 0 Å². The fraction of sp³-hybridized carbons (Fsp3) is 0.750. The van der Waals surface area contributed by atoms with E-state index in [9.17, 15) is 4.79 Å². The Bertz CT molecular complexity index is 658. The maximum absolute atomic E-state index is 11.9. The number of tetrazole rings is 1. The van der Waals surface area contributed by atoms with Gasteiger partial charge in [-0.15, -0.1) is 10.2 Å². The molecule has 1 aliphatic heterocycles. The summed E-state index contributed by atoms with van der Waals surface area (Å²) in [5.74, 6) is 1.36. The molecule has 1 atom stereocenters. The summed E-state index contributed by atoms with van der Waals surface area (Å²) in [4.78, 5) is 11.9. The molecule has 120 valence electrons. The van der Waals surface area contributed by atoms with Crippen molar-refractivity contribution in [3.05, 3.63) is 16.3 Å². The minimum atomic E-state index is -0.203. The van der Waals surface area contributed by atoms with E-state index >= 15 is 0 Å². The second-order valence-electron chi connectivity index (χ2n) is 5.16. The van der Waals surface area contributed by atoms with Crippen LogP contribution in [0.4, 0.5) is 0 Å². The number of aryl methyl sites for hydroxylation is 1. The van der Waals surface area contributed by atoms with E-state index in [1.54, 1.807) is 9.25 Å². The summed E-state index contributed by atoms with van der Waals surface area (Å²) in [6, 6.07) is 0. The molecule has 9 nitrogen and oxygen atoms in total. The molecule has 1 fully saturated rings. The van der Waals surface area contributed by atoms with Gasteiger partial charge >= 0.3 is 5.69 Å². The number of rotatable bonds is 7. The standard InChI is InChI=1S/C12H19N7O2S/c1-2-5-19-10(13-16-17-19)8-22-12-15-14-11(20)18(12)7-9-4-3-6-21-9/h9H,2-8H2,1H3,(H,14,20). The molecule has 0 saturated carbocycles. The van der Waals surface area contributed by atoms with E-state index in [0.29, 0.717) is 17.5 Å². The Labute approximate surface area is 131 Å². The Morgan fingerprint density at radius 2 is 2.41 bits per heavy atom. The Morgan fingerprint density at radius 3 is 3.18 bits per heavy atom. The minimum absolute atomic E-state index is 0.0973. The highest BCUT2D eigenvalue weighted by Gasteiger charge is 2.20. The van der Waals surface area contributed by atoms with Crippen LogP contribution >= 0.6 is 11.8 Å². The first-order valence-electron chi connectivity index (χ1n) is 7.42. The van der Waals surface area contributed by atoms with Crippen molar-refractivity contribution in [3.8, 4) is 0 Å². The zero-order valence-corrected chi connectivity index (χ0v) is 13.3. The van der Waals surface area contributed by atoms with Crippen LogP contribution in [0.1, 0.15) is 32.0 Å². The predicted molar refractivity (Wildman–Crippen MR) is 79.5 cm³/mol. The number of ether oxygens (including phenoxy) is 1. The summed E-state index contributed by atoms with van der Waals surface area (Å²) in [6.07, 6.45) is 3.09. The van der Waals surface area contributed by atoms with Crippen LogP contribution in [0.2, 0.25) is 0 Å². The summed E-state index contributed by atoms with van der Waals surface area (Å²) in [7, 11) is 0. The number of hydrogen-bond acceptors (Lipinski definition) is 7. The van der Waals surface area contributed by atoms with Crippen LogP contribution in [0, 0.1) is 0 Å². The minimum Gasteiger partial charge on any atom is -0.376 e. The van der Waals surface area contributed by atoms with Crippen LogP contribution in [0.25, 0.3) is 0 Å². The van der Waals surface area contributed by atoms with Crippen molar-refractivity contribution in [2.45, 2.75) is 56.3 Å². The van der Waals surface area contributed by atoms with Gasteiger partial charge in [0.1, 0.15) is 0 Å². The summed E-state index contributed by atoms with van der Waals surface area (Å²) in [6.45, 7) is 4.17. The van der Waals surface area contributed by atoms with Crippen molar-refractivity contribution in [1.82, 2.24) is 35.0 Å². The van der Waals surface area contributed by atoms with Gasteiger partial charge in [0, 0.05) is 13.2 Å². The SMILES string of the molecule is CCCn1nnnc1CSc1n[nH]c(=O)n1CC1CCCO1. The predicted octanol–water partition coefficient (Wildman–Crippen LogP) is 0.439. The van der Waals surface area contributed by atoms with Crippen molar-refractivity contribution in [2.24, 2.45) is 0 Å². The van der Waals surface area contributed by atoms with Gasteiger partial charge in [0.2, 0.25) is 0 Å². The molecule has 2 aromatic rings. The molecular weight excluding hydrogens is 306 g/mol. The number of hydrogen-bond donors (Lipinski definition) is 1. The third-order valence-corrected chi connectivity index (χ3v) is 4.48. The third kappa shape index (κ3) is 3.38. The zero-order valence-electron chi connectivity index (χ0n) is 12.4. The average molecular weight is 325 g/mol. The van der Waals surface area contributed by atoms with E-state index in [1.165, 1.54) is 11.8 Å². The fourth-order valence-corrected chi connectivity index (χ4v) is 3.30. The normalized spacial score (nSPS) is 18.1. The third-order valence-electron chi connectivity index (χ3n) is 3.51. The summed E-state index contributed by atoms with van der Waals surface area (Å²) in [5.41, 5.74) is -0.203. The second-order valence-corrected chi connectivity index (χ2v) is 6.11. The van der Waals surface area contributed by atoms with Gasteiger partial charge in [-0.1, -0.05) is 18.7 Å². The van der Waals surface area contributed by atoms with Crippen molar-refractivity contribution in [2.75, 3.05) is 6.61 Å². The molecule has 0 radical (unpaired) electrons. The maximum Gasteiger partial charge on any atom is 0.344 e. The molecular formula is C12H19N7O2S. The lowest BCUT2D eigenvalue weighted by Crippen LogP contribution is -2.25. The number of nitrogens with zero attached hydrogens (tertiary/aromatic N) is 6. The monoisotopic (exact) mass is 325 g/mol. The van der Waals surface area contributed by atoms with E-state index in [2.05, 4.69) is 32.6 Å². The molecule has 1 aliphatic rings. The van der Waals surface area contributed by atoms with Crippen LogP contribution in [-0.4, -0.2) is 47.7 Å². The van der Waals surface area contributed by atoms with Crippen LogP contribution in [0.5, 0.6) is 0 Å². The fourth-order valence-electron chi connectivity index (χ4n) is 2.41. The summed E-state index contributed by atoms with van der Waals surface area (Å²) >= 11 is 1.45. The van der Waals surface area contributed by atoms with Gasteiger partial charge in [-0.05, 0) is 29.7 Å². The Morgan fingerprint density at radius 1 is 1.50 bits per heavy atom. The molecule has 0 aliphatic carbocycles. The van der Waals surface area contributed by atoms with Gasteiger partial charge in [-0.25, -0.2) is 14.6 Å². The van der Waals surface area contributed by atoms with E-state index in [4.69, 9.17) is 4.74 Å². The van der Waals surface area contributed by atoms with Crippen molar-refractivity contribution < 1.29 is 4.74 Å². The Kier molecular flexibility index (Phi) is 4.88. The largest absolute Gasteiger partial charge is 0.376 e. The van der Waals surface area contributed by atoms with Crippen LogP contribution in [-0.2, 0) is 23.6 Å². The van der Waals surface area contributed by atoms with Gasteiger partial charge in [0.15, 0.2) is 11.0 Å². The molecule has 3 heterocycles. The van der Waals surface area contributed by atoms with Gasteiger partial charge in [-0.2, -0.15) is 0 Å². The van der Waals surface area contributed by atoms with Crippen molar-refractivity contribution >= 4 is 11.8 Å². The highest BCUT2D eigenvalue weighted by Crippen LogP contribution is 2.20. The number of aromatic nitrogens is 7. The van der Waals surface area contributed by atoms with E-state index in [1.807, 2.05) is 0 Å². The lowest BCUT2D eigenvalue weighted by molar-refractivity contribution is 0.0941. The molecule has 0 aromatic carbocycles. The Balaban J connectivity index is 1.67. The van der Waals surface area contributed by atoms with Gasteiger partial charge in [-0.3, -0.25) is 4.57 Å². The first-order valence-corrected chi connectivity index (χ1v) is 8.41. The molecule has 10 heteroatoms. The molecule has 22 heavy (non-hydrogen) atoms. The van der Waals surface area contributed by atoms with Gasteiger partial charge in [0.25, 0.3) is 0 Å². The molecule has 1 unspecified atom stereocenters. The number of H-pyrrole nitrogens is 1. The van der Waals surface area contributed by atoms with Crippen LogP contribution in [0.15, 0.2) is 9.95 Å². The molecule has 0 spiro atoms. The highest BCUT2D eigenvalue weighted by molar-refractivity contribution is 7.98. The number of nitrogens with one attached hydrogen (secondary N) is 1. The lowest BCUT2D eigenvalue weighted by Gasteiger charge is -2.10. The lowest BCUT2D eigenvalue weighted by atomic mass is 10.2. The van der Waals surface area contributed by atoms with Crippen molar-refractivity contribution in [1.29, 1.82) is 0 Å². The molecule has 0 bridgehead atoms. The van der Waals surface area contributed by atoms with E-state index in [0.717, 1.165) is 38.2 Å². The topological polar surface area (TPSA) is 104 Å². The number of aromatic amines is 1. The van der Waals surface area contributed by atoms with E-state index < -0.39 is 0 Å². The van der Waals surface area contributed by atoms with Crippen molar-refractivity contribution in [3.63, 3.8) is 0 Å². The Hall–Kier alpha value is -1.68. The first-order chi connectivity index (χ1) is 10.8. The molecule has 0 amide bonds. The second kappa shape index (κ2) is 7.05. The van der Waals surface area contributed by atoms with Gasteiger partial charge < -0.3 is 4.74 Å².